The molecular weight excluding hydrogens is 349 g/mol. The summed E-state index contributed by atoms with van der Waals surface area (Å²) in [7, 11) is -3.96. The Hall–Kier alpha value is -0.950. The van der Waals surface area contributed by atoms with Gasteiger partial charge in [-0.3, -0.25) is 4.79 Å². The molecular formula is C13H15BrFNO3S. The predicted octanol–water partition coefficient (Wildman–Crippen LogP) is 2.93. The first-order valence-corrected chi connectivity index (χ1v) is 8.60. The van der Waals surface area contributed by atoms with Crippen molar-refractivity contribution in [1.29, 1.82) is 0 Å². The maximum Gasteiger partial charge on any atom is 0.266 e. The van der Waals surface area contributed by atoms with E-state index in [1.807, 2.05) is 6.92 Å². The third-order valence-corrected chi connectivity index (χ3v) is 5.77. The number of carbonyl (C=O) groups is 1. The van der Waals surface area contributed by atoms with E-state index in [0.717, 1.165) is 23.2 Å². The average Bonchev–Trinajstić information content (AvgIpc) is 2.75. The number of nitrogens with zero attached hydrogens (tertiary/aromatic N) is 1. The van der Waals surface area contributed by atoms with Crippen LogP contribution in [0.4, 0.5) is 4.39 Å². The lowest BCUT2D eigenvalue weighted by Gasteiger charge is -2.17. The van der Waals surface area contributed by atoms with E-state index in [1.165, 1.54) is 12.1 Å². The Morgan fingerprint density at radius 2 is 2.15 bits per heavy atom. The largest absolute Gasteiger partial charge is 0.274 e. The molecule has 0 saturated carbocycles. The average molecular weight is 364 g/mol. The highest BCUT2D eigenvalue weighted by atomic mass is 79.9. The molecule has 0 bridgehead atoms. The van der Waals surface area contributed by atoms with Crippen molar-refractivity contribution in [2.75, 3.05) is 6.54 Å². The molecule has 0 spiro atoms. The van der Waals surface area contributed by atoms with E-state index in [0.29, 0.717) is 0 Å². The molecule has 1 aromatic carbocycles. The van der Waals surface area contributed by atoms with Gasteiger partial charge in [0, 0.05) is 13.0 Å². The van der Waals surface area contributed by atoms with Gasteiger partial charge in [0.15, 0.2) is 0 Å². The summed E-state index contributed by atoms with van der Waals surface area (Å²) in [6.07, 6.45) is 1.96. The lowest BCUT2D eigenvalue weighted by Crippen LogP contribution is -2.32. The first-order valence-electron chi connectivity index (χ1n) is 6.37. The zero-order valence-electron chi connectivity index (χ0n) is 11.0. The van der Waals surface area contributed by atoms with Gasteiger partial charge in [0.2, 0.25) is 5.91 Å². The highest BCUT2D eigenvalue weighted by molar-refractivity contribution is 9.10. The van der Waals surface area contributed by atoms with E-state index in [4.69, 9.17) is 0 Å². The van der Waals surface area contributed by atoms with Crippen molar-refractivity contribution in [2.24, 2.45) is 5.92 Å². The fraction of sp³-hybridized carbons (Fsp3) is 0.462. The van der Waals surface area contributed by atoms with Crippen molar-refractivity contribution < 1.29 is 17.6 Å². The number of benzene rings is 1. The Bertz CT molecular complexity index is 633. The van der Waals surface area contributed by atoms with Crippen LogP contribution in [0.1, 0.15) is 26.2 Å². The summed E-state index contributed by atoms with van der Waals surface area (Å²) in [5.41, 5.74) is 0. The second kappa shape index (κ2) is 5.81. The number of rotatable bonds is 4. The minimum atomic E-state index is -3.96. The number of amides is 1. The van der Waals surface area contributed by atoms with Gasteiger partial charge >= 0.3 is 0 Å². The Morgan fingerprint density at radius 1 is 1.45 bits per heavy atom. The molecule has 7 heteroatoms. The van der Waals surface area contributed by atoms with E-state index in [9.17, 15) is 17.6 Å². The fourth-order valence-corrected chi connectivity index (χ4v) is 4.09. The van der Waals surface area contributed by atoms with Gasteiger partial charge in [0.25, 0.3) is 10.0 Å². The van der Waals surface area contributed by atoms with Crippen LogP contribution in [0.2, 0.25) is 0 Å². The second-order valence-electron chi connectivity index (χ2n) is 4.86. The van der Waals surface area contributed by atoms with Crippen molar-refractivity contribution in [2.45, 2.75) is 31.1 Å². The predicted molar refractivity (Wildman–Crippen MR) is 76.0 cm³/mol. The summed E-state index contributed by atoms with van der Waals surface area (Å²) in [5, 5.41) is 0. The second-order valence-corrected chi connectivity index (χ2v) is 7.58. The topological polar surface area (TPSA) is 54.5 Å². The summed E-state index contributed by atoms with van der Waals surface area (Å²) in [6.45, 7) is 2.18. The molecule has 1 saturated heterocycles. The first kappa shape index (κ1) is 15.4. The number of hydrogen-bond donors (Lipinski definition) is 0. The monoisotopic (exact) mass is 363 g/mol. The SMILES string of the molecule is CCCC1CC(=O)N(S(=O)(=O)c2ccc(Br)c(F)c2)C1. The normalized spacial score (nSPS) is 19.6. The van der Waals surface area contributed by atoms with Gasteiger partial charge in [0.05, 0.1) is 9.37 Å². The standard InChI is InChI=1S/C13H15BrFNO3S/c1-2-3-9-6-13(17)16(8-9)20(18,19)10-4-5-11(14)12(15)7-10/h4-5,7,9H,2-3,6,8H2,1H3. The summed E-state index contributed by atoms with van der Waals surface area (Å²) in [6, 6.07) is 3.55. The van der Waals surface area contributed by atoms with Gasteiger partial charge in [0.1, 0.15) is 5.82 Å². The van der Waals surface area contributed by atoms with Crippen LogP contribution in [0, 0.1) is 11.7 Å². The third-order valence-electron chi connectivity index (χ3n) is 3.34. The van der Waals surface area contributed by atoms with E-state index < -0.39 is 21.7 Å². The molecule has 0 aliphatic carbocycles. The van der Waals surface area contributed by atoms with Crippen molar-refractivity contribution in [3.8, 4) is 0 Å². The van der Waals surface area contributed by atoms with E-state index >= 15 is 0 Å². The Morgan fingerprint density at radius 3 is 2.75 bits per heavy atom. The molecule has 110 valence electrons. The quantitative estimate of drug-likeness (QED) is 0.826. The zero-order valence-corrected chi connectivity index (χ0v) is 13.4. The number of halogens is 2. The third kappa shape index (κ3) is 2.88. The molecule has 0 aromatic heterocycles. The highest BCUT2D eigenvalue weighted by Gasteiger charge is 2.38. The van der Waals surface area contributed by atoms with Crippen LogP contribution in [-0.4, -0.2) is 25.2 Å². The van der Waals surface area contributed by atoms with Crippen LogP contribution in [0.25, 0.3) is 0 Å². The Labute approximate surface area is 126 Å². The minimum Gasteiger partial charge on any atom is -0.274 e. The molecule has 1 amide bonds. The van der Waals surface area contributed by atoms with Gasteiger partial charge in [-0.2, -0.15) is 0 Å². The molecule has 1 aromatic rings. The van der Waals surface area contributed by atoms with Crippen molar-refractivity contribution in [3.63, 3.8) is 0 Å². The number of carbonyl (C=O) groups excluding carboxylic acids is 1. The van der Waals surface area contributed by atoms with E-state index in [1.54, 1.807) is 0 Å². The lowest BCUT2D eigenvalue weighted by molar-refractivity contribution is -0.123. The summed E-state index contributed by atoms with van der Waals surface area (Å²) in [4.78, 5) is 11.7. The fourth-order valence-electron chi connectivity index (χ4n) is 2.35. The van der Waals surface area contributed by atoms with Gasteiger partial charge < -0.3 is 0 Å². The van der Waals surface area contributed by atoms with Crippen molar-refractivity contribution >= 4 is 31.9 Å². The van der Waals surface area contributed by atoms with Crippen LogP contribution in [0.15, 0.2) is 27.6 Å². The number of sulfonamides is 1. The minimum absolute atomic E-state index is 0.0579. The van der Waals surface area contributed by atoms with Crippen molar-refractivity contribution in [3.05, 3.63) is 28.5 Å². The molecule has 1 aliphatic heterocycles. The van der Waals surface area contributed by atoms with Crippen LogP contribution >= 0.6 is 15.9 Å². The number of hydrogen-bond acceptors (Lipinski definition) is 3. The first-order chi connectivity index (χ1) is 9.36. The molecule has 2 rings (SSSR count). The lowest BCUT2D eigenvalue weighted by atomic mass is 10.0. The highest BCUT2D eigenvalue weighted by Crippen LogP contribution is 2.29. The zero-order chi connectivity index (χ0) is 14.9. The summed E-state index contributed by atoms with van der Waals surface area (Å²) < 4.78 is 39.3. The molecule has 1 atom stereocenters. The Balaban J connectivity index is 2.31. The van der Waals surface area contributed by atoms with E-state index in [-0.39, 0.29) is 28.3 Å². The van der Waals surface area contributed by atoms with Gasteiger partial charge in [-0.25, -0.2) is 17.1 Å². The van der Waals surface area contributed by atoms with Crippen molar-refractivity contribution in [1.82, 2.24) is 4.31 Å². The molecule has 20 heavy (non-hydrogen) atoms. The summed E-state index contributed by atoms with van der Waals surface area (Å²) >= 11 is 2.97. The molecule has 0 N–H and O–H groups in total. The summed E-state index contributed by atoms with van der Waals surface area (Å²) in [5.74, 6) is -1.02. The molecule has 0 radical (unpaired) electrons. The van der Waals surface area contributed by atoms with Gasteiger partial charge in [-0.1, -0.05) is 13.3 Å². The molecule has 1 unspecified atom stereocenters. The van der Waals surface area contributed by atoms with Crippen LogP contribution in [0.5, 0.6) is 0 Å². The van der Waals surface area contributed by atoms with Crippen LogP contribution in [-0.2, 0) is 14.8 Å². The van der Waals surface area contributed by atoms with Crippen LogP contribution < -0.4 is 0 Å². The smallest absolute Gasteiger partial charge is 0.266 e. The van der Waals surface area contributed by atoms with Crippen LogP contribution in [0.3, 0.4) is 0 Å². The molecule has 1 fully saturated rings. The maximum absolute atomic E-state index is 13.5. The van der Waals surface area contributed by atoms with Gasteiger partial charge in [-0.15, -0.1) is 0 Å². The van der Waals surface area contributed by atoms with E-state index in [2.05, 4.69) is 15.9 Å². The Kier molecular flexibility index (Phi) is 4.49. The maximum atomic E-state index is 13.5. The molecule has 1 heterocycles. The van der Waals surface area contributed by atoms with Gasteiger partial charge in [-0.05, 0) is 46.5 Å². The molecule has 1 aliphatic rings. The molecule has 4 nitrogen and oxygen atoms in total.